The molecular formula is C14H11BrN4O3. The van der Waals surface area contributed by atoms with Crippen molar-refractivity contribution >= 4 is 38.6 Å². The Labute approximate surface area is 133 Å². The van der Waals surface area contributed by atoms with Gasteiger partial charge in [-0.2, -0.15) is 0 Å². The number of carbonyl (C=O) groups is 1. The number of hydrogen-bond donors (Lipinski definition) is 1. The van der Waals surface area contributed by atoms with Crippen LogP contribution in [0.2, 0.25) is 0 Å². The van der Waals surface area contributed by atoms with Crippen LogP contribution in [0, 0.1) is 6.92 Å². The summed E-state index contributed by atoms with van der Waals surface area (Å²) in [4.78, 5) is 28.5. The van der Waals surface area contributed by atoms with Crippen molar-refractivity contribution in [2.45, 2.75) is 13.5 Å². The number of nitrogens with zero attached hydrogens (tertiary/aromatic N) is 3. The van der Waals surface area contributed by atoms with Gasteiger partial charge in [-0.3, -0.25) is 14.2 Å². The van der Waals surface area contributed by atoms with Crippen LogP contribution in [-0.2, 0) is 11.3 Å². The molecule has 1 aromatic carbocycles. The van der Waals surface area contributed by atoms with Gasteiger partial charge in [0.2, 0.25) is 5.91 Å². The lowest BCUT2D eigenvalue weighted by Crippen LogP contribution is -2.28. The summed E-state index contributed by atoms with van der Waals surface area (Å²) >= 11 is 3.31. The SMILES string of the molecule is Cc1cc(NC(=O)Cn2cnc3ccc(Br)cc3c2=O)no1. The van der Waals surface area contributed by atoms with Crippen molar-refractivity contribution in [2.75, 3.05) is 5.32 Å². The maximum absolute atomic E-state index is 12.4. The third-order valence-corrected chi connectivity index (χ3v) is 3.49. The van der Waals surface area contributed by atoms with E-state index in [1.807, 2.05) is 0 Å². The Bertz CT molecular complexity index is 916. The summed E-state index contributed by atoms with van der Waals surface area (Å²) in [5.41, 5.74) is 0.301. The van der Waals surface area contributed by atoms with Crippen molar-refractivity contribution in [1.29, 1.82) is 0 Å². The number of benzene rings is 1. The van der Waals surface area contributed by atoms with Crippen molar-refractivity contribution in [3.63, 3.8) is 0 Å². The summed E-state index contributed by atoms with van der Waals surface area (Å²) in [7, 11) is 0. The predicted octanol–water partition coefficient (Wildman–Crippen LogP) is 2.09. The van der Waals surface area contributed by atoms with E-state index >= 15 is 0 Å². The number of rotatable bonds is 3. The summed E-state index contributed by atoms with van der Waals surface area (Å²) in [5.74, 6) is 0.517. The number of fused-ring (bicyclic) bond motifs is 1. The average molecular weight is 363 g/mol. The van der Waals surface area contributed by atoms with Crippen molar-refractivity contribution in [3.8, 4) is 0 Å². The van der Waals surface area contributed by atoms with Gasteiger partial charge in [-0.25, -0.2) is 4.98 Å². The van der Waals surface area contributed by atoms with Crippen LogP contribution in [0.3, 0.4) is 0 Å². The number of aromatic nitrogens is 3. The molecular weight excluding hydrogens is 352 g/mol. The molecule has 0 saturated heterocycles. The second-order valence-corrected chi connectivity index (χ2v) is 5.63. The highest BCUT2D eigenvalue weighted by Crippen LogP contribution is 2.14. The molecule has 0 saturated carbocycles. The molecule has 3 rings (SSSR count). The monoisotopic (exact) mass is 362 g/mol. The van der Waals surface area contributed by atoms with Gasteiger partial charge in [0.1, 0.15) is 12.3 Å². The lowest BCUT2D eigenvalue weighted by Gasteiger charge is -2.06. The van der Waals surface area contributed by atoms with E-state index in [9.17, 15) is 9.59 Å². The summed E-state index contributed by atoms with van der Waals surface area (Å²) < 4.78 is 6.88. The van der Waals surface area contributed by atoms with Gasteiger partial charge >= 0.3 is 0 Å². The summed E-state index contributed by atoms with van der Waals surface area (Å²) in [6.07, 6.45) is 1.35. The van der Waals surface area contributed by atoms with E-state index in [4.69, 9.17) is 4.52 Å². The highest BCUT2D eigenvalue weighted by molar-refractivity contribution is 9.10. The summed E-state index contributed by atoms with van der Waals surface area (Å²) in [6.45, 7) is 1.57. The number of nitrogens with one attached hydrogen (secondary N) is 1. The zero-order chi connectivity index (χ0) is 15.7. The molecule has 7 nitrogen and oxygen atoms in total. The first-order valence-corrected chi connectivity index (χ1v) is 7.20. The van der Waals surface area contributed by atoms with Gasteiger partial charge < -0.3 is 9.84 Å². The second kappa shape index (κ2) is 5.72. The predicted molar refractivity (Wildman–Crippen MR) is 83.6 cm³/mol. The Hall–Kier alpha value is -2.48. The number of hydrogen-bond acceptors (Lipinski definition) is 5. The fourth-order valence-electron chi connectivity index (χ4n) is 2.01. The van der Waals surface area contributed by atoms with E-state index in [2.05, 4.69) is 31.4 Å². The largest absolute Gasteiger partial charge is 0.360 e. The van der Waals surface area contributed by atoms with E-state index in [-0.39, 0.29) is 18.0 Å². The molecule has 0 atom stereocenters. The Morgan fingerprint density at radius 2 is 2.23 bits per heavy atom. The van der Waals surface area contributed by atoms with Gasteiger partial charge in [-0.1, -0.05) is 21.1 Å². The fourth-order valence-corrected chi connectivity index (χ4v) is 2.37. The summed E-state index contributed by atoms with van der Waals surface area (Å²) in [5, 5.41) is 6.67. The third kappa shape index (κ3) is 2.91. The van der Waals surface area contributed by atoms with E-state index in [0.717, 1.165) is 4.47 Å². The smallest absolute Gasteiger partial charge is 0.261 e. The fraction of sp³-hybridized carbons (Fsp3) is 0.143. The molecule has 8 heteroatoms. The molecule has 112 valence electrons. The molecule has 0 unspecified atom stereocenters. The molecule has 0 fully saturated rings. The molecule has 2 aromatic heterocycles. The Morgan fingerprint density at radius 1 is 1.41 bits per heavy atom. The summed E-state index contributed by atoms with van der Waals surface area (Å²) in [6, 6.07) is 6.82. The molecule has 1 N–H and O–H groups in total. The van der Waals surface area contributed by atoms with Crippen molar-refractivity contribution in [1.82, 2.24) is 14.7 Å². The van der Waals surface area contributed by atoms with Crippen molar-refractivity contribution in [3.05, 3.63) is 51.2 Å². The van der Waals surface area contributed by atoms with Crippen molar-refractivity contribution in [2.24, 2.45) is 0 Å². The van der Waals surface area contributed by atoms with Crippen LogP contribution in [0.1, 0.15) is 5.76 Å². The molecule has 0 radical (unpaired) electrons. The standard InChI is InChI=1S/C14H11BrN4O3/c1-8-4-12(18-22-8)17-13(20)6-19-7-16-11-3-2-9(15)5-10(11)14(19)21/h2-5,7H,6H2,1H3,(H,17,18,20). The van der Waals surface area contributed by atoms with Crippen LogP contribution >= 0.6 is 15.9 Å². The number of halogens is 1. The average Bonchev–Trinajstić information content (AvgIpc) is 2.87. The van der Waals surface area contributed by atoms with Crippen molar-refractivity contribution < 1.29 is 9.32 Å². The van der Waals surface area contributed by atoms with E-state index in [1.165, 1.54) is 10.9 Å². The topological polar surface area (TPSA) is 90.0 Å². The third-order valence-electron chi connectivity index (χ3n) is 3.00. The van der Waals surface area contributed by atoms with Gasteiger partial charge in [-0.05, 0) is 25.1 Å². The van der Waals surface area contributed by atoms with Crippen LogP contribution in [0.25, 0.3) is 10.9 Å². The minimum Gasteiger partial charge on any atom is -0.360 e. The number of carbonyl (C=O) groups excluding carboxylic acids is 1. The molecule has 0 aliphatic carbocycles. The Balaban J connectivity index is 1.86. The van der Waals surface area contributed by atoms with Gasteiger partial charge in [0.25, 0.3) is 5.56 Å². The first-order valence-electron chi connectivity index (χ1n) is 6.41. The highest BCUT2D eigenvalue weighted by atomic mass is 79.9. The number of amides is 1. The van der Waals surface area contributed by atoms with Crippen LogP contribution < -0.4 is 10.9 Å². The first-order chi connectivity index (χ1) is 10.5. The molecule has 2 heterocycles. The van der Waals surface area contributed by atoms with E-state index in [1.54, 1.807) is 31.2 Å². The quantitative estimate of drug-likeness (QED) is 0.770. The molecule has 1 amide bonds. The van der Waals surface area contributed by atoms with Crippen LogP contribution in [0.4, 0.5) is 5.82 Å². The second-order valence-electron chi connectivity index (χ2n) is 4.71. The number of aryl methyl sites for hydroxylation is 1. The van der Waals surface area contributed by atoms with Crippen LogP contribution in [0.15, 0.2) is 44.4 Å². The molecule has 22 heavy (non-hydrogen) atoms. The molecule has 0 bridgehead atoms. The minimum atomic E-state index is -0.383. The molecule has 0 aliphatic heterocycles. The zero-order valence-electron chi connectivity index (χ0n) is 11.5. The Morgan fingerprint density at radius 3 is 2.95 bits per heavy atom. The molecule has 0 aliphatic rings. The maximum atomic E-state index is 12.4. The minimum absolute atomic E-state index is 0.153. The Kier molecular flexibility index (Phi) is 3.76. The van der Waals surface area contributed by atoms with E-state index in [0.29, 0.717) is 22.5 Å². The zero-order valence-corrected chi connectivity index (χ0v) is 13.1. The lowest BCUT2D eigenvalue weighted by molar-refractivity contribution is -0.116. The first kappa shape index (κ1) is 14.5. The number of anilines is 1. The van der Waals surface area contributed by atoms with Gasteiger partial charge in [-0.15, -0.1) is 0 Å². The van der Waals surface area contributed by atoms with Gasteiger partial charge in [0.05, 0.1) is 17.2 Å². The lowest BCUT2D eigenvalue weighted by atomic mass is 10.2. The van der Waals surface area contributed by atoms with Crippen LogP contribution in [-0.4, -0.2) is 20.6 Å². The maximum Gasteiger partial charge on any atom is 0.261 e. The normalized spacial score (nSPS) is 10.8. The van der Waals surface area contributed by atoms with Gasteiger partial charge in [0, 0.05) is 10.5 Å². The highest BCUT2D eigenvalue weighted by Gasteiger charge is 2.10. The molecule has 0 spiro atoms. The molecule has 3 aromatic rings. The van der Waals surface area contributed by atoms with Gasteiger partial charge in [0.15, 0.2) is 5.82 Å². The van der Waals surface area contributed by atoms with Crippen LogP contribution in [0.5, 0.6) is 0 Å². The van der Waals surface area contributed by atoms with E-state index < -0.39 is 0 Å².